The molecule has 0 aromatic carbocycles. The molecule has 0 aromatic rings. The van der Waals surface area contributed by atoms with E-state index in [1.54, 1.807) is 5.57 Å². The molecule has 0 nitrogen and oxygen atoms in total. The normalized spacial score (nSPS) is 16.8. The Kier molecular flexibility index (Phi) is 6.30. The lowest BCUT2D eigenvalue weighted by atomic mass is 9.93. The summed E-state index contributed by atoms with van der Waals surface area (Å²) in [6.07, 6.45) is 9.07. The lowest BCUT2D eigenvalue weighted by molar-refractivity contribution is 0.926. The molecule has 13 heavy (non-hydrogen) atoms. The molecule has 0 saturated heterocycles. The molecular formula is C13H22. The van der Waals surface area contributed by atoms with Gasteiger partial charge in [-0.25, -0.2) is 0 Å². The summed E-state index contributed by atoms with van der Waals surface area (Å²) in [6.45, 7) is 10.5. The van der Waals surface area contributed by atoms with E-state index in [4.69, 9.17) is 0 Å². The molecule has 0 fully saturated rings. The first kappa shape index (κ1) is 12.2. The third-order valence-electron chi connectivity index (χ3n) is 2.30. The quantitative estimate of drug-likeness (QED) is 0.548. The van der Waals surface area contributed by atoms with E-state index < -0.39 is 0 Å². The Labute approximate surface area is 83.0 Å². The predicted octanol–water partition coefficient (Wildman–Crippen LogP) is 4.65. The van der Waals surface area contributed by atoms with Crippen LogP contribution < -0.4 is 0 Å². The summed E-state index contributed by atoms with van der Waals surface area (Å²) in [6, 6.07) is 0. The molecule has 1 aliphatic carbocycles. The summed E-state index contributed by atoms with van der Waals surface area (Å²) in [7, 11) is 0. The monoisotopic (exact) mass is 178 g/mol. The van der Waals surface area contributed by atoms with Crippen LogP contribution in [0.25, 0.3) is 0 Å². The highest BCUT2D eigenvalue weighted by atomic mass is 14.1. The summed E-state index contributed by atoms with van der Waals surface area (Å²) in [4.78, 5) is 0. The van der Waals surface area contributed by atoms with Crippen LogP contribution in [0.2, 0.25) is 0 Å². The summed E-state index contributed by atoms with van der Waals surface area (Å²) in [5.41, 5.74) is 4.42. The Morgan fingerprint density at radius 2 is 1.85 bits per heavy atom. The molecule has 74 valence electrons. The van der Waals surface area contributed by atoms with Crippen LogP contribution in [0.15, 0.2) is 34.9 Å². The summed E-state index contributed by atoms with van der Waals surface area (Å²) < 4.78 is 0. The van der Waals surface area contributed by atoms with Gasteiger partial charge in [0.15, 0.2) is 0 Å². The van der Waals surface area contributed by atoms with Crippen LogP contribution >= 0.6 is 0 Å². The van der Waals surface area contributed by atoms with Gasteiger partial charge in [0.05, 0.1) is 0 Å². The van der Waals surface area contributed by atoms with Crippen LogP contribution in [0.3, 0.4) is 0 Å². The molecule has 0 radical (unpaired) electrons. The molecule has 1 aliphatic rings. The smallest absolute Gasteiger partial charge is 0.0271 e. The fraction of sp³-hybridized carbons (Fsp3) is 0.538. The van der Waals surface area contributed by atoms with Gasteiger partial charge >= 0.3 is 0 Å². The number of rotatable bonds is 1. The molecule has 0 aliphatic heterocycles. The van der Waals surface area contributed by atoms with Crippen molar-refractivity contribution in [1.29, 1.82) is 0 Å². The summed E-state index contributed by atoms with van der Waals surface area (Å²) in [5.74, 6) is 0. The molecular weight excluding hydrogens is 156 g/mol. The van der Waals surface area contributed by atoms with Crippen LogP contribution in [0.4, 0.5) is 0 Å². The van der Waals surface area contributed by atoms with Crippen molar-refractivity contribution in [3.05, 3.63) is 34.9 Å². The number of hydrogen-bond donors (Lipinski definition) is 0. The van der Waals surface area contributed by atoms with Crippen molar-refractivity contribution >= 4 is 0 Å². The summed E-state index contributed by atoms with van der Waals surface area (Å²) >= 11 is 0. The molecule has 0 heteroatoms. The minimum absolute atomic E-state index is 1.21. The van der Waals surface area contributed by atoms with Gasteiger partial charge in [-0.1, -0.05) is 37.6 Å². The number of hydrogen-bond acceptors (Lipinski definition) is 0. The van der Waals surface area contributed by atoms with Gasteiger partial charge < -0.3 is 0 Å². The van der Waals surface area contributed by atoms with Crippen LogP contribution in [0, 0.1) is 0 Å². The highest BCUT2D eigenvalue weighted by Crippen LogP contribution is 2.24. The zero-order valence-corrected chi connectivity index (χ0v) is 9.65. The Hall–Kier alpha value is -0.780. The van der Waals surface area contributed by atoms with Crippen molar-refractivity contribution in [1.82, 2.24) is 0 Å². The second kappa shape index (κ2) is 6.71. The lowest BCUT2D eigenvalue weighted by Crippen LogP contribution is -1.93. The van der Waals surface area contributed by atoms with Gasteiger partial charge in [0, 0.05) is 0 Å². The van der Waals surface area contributed by atoms with Crippen LogP contribution in [-0.4, -0.2) is 0 Å². The van der Waals surface area contributed by atoms with E-state index in [-0.39, 0.29) is 0 Å². The van der Waals surface area contributed by atoms with Gasteiger partial charge in [0.1, 0.15) is 0 Å². The van der Waals surface area contributed by atoms with Crippen LogP contribution in [-0.2, 0) is 0 Å². The Balaban J connectivity index is 0.000000671. The third-order valence-corrected chi connectivity index (χ3v) is 2.30. The van der Waals surface area contributed by atoms with Gasteiger partial charge in [-0.2, -0.15) is 0 Å². The Morgan fingerprint density at radius 3 is 2.38 bits per heavy atom. The van der Waals surface area contributed by atoms with Crippen molar-refractivity contribution < 1.29 is 0 Å². The maximum atomic E-state index is 2.32. The number of allylic oxidation sites excluding steroid dienone is 6. The SMILES string of the molecule is C/C=C\C1=CCCC(C)=C1C.CC. The first-order valence-electron chi connectivity index (χ1n) is 5.25. The van der Waals surface area contributed by atoms with Crippen LogP contribution in [0.5, 0.6) is 0 Å². The minimum atomic E-state index is 1.21. The molecule has 0 heterocycles. The first-order valence-corrected chi connectivity index (χ1v) is 5.25. The molecule has 0 spiro atoms. The predicted molar refractivity (Wildman–Crippen MR) is 61.9 cm³/mol. The van der Waals surface area contributed by atoms with Gasteiger partial charge in [0.2, 0.25) is 0 Å². The van der Waals surface area contributed by atoms with E-state index in [1.165, 1.54) is 24.0 Å². The fourth-order valence-corrected chi connectivity index (χ4v) is 1.40. The molecule has 0 atom stereocenters. The second-order valence-electron chi connectivity index (χ2n) is 3.10. The van der Waals surface area contributed by atoms with E-state index in [0.717, 1.165) is 0 Å². The maximum absolute atomic E-state index is 2.32. The largest absolute Gasteiger partial charge is 0.0871 e. The third kappa shape index (κ3) is 3.63. The first-order chi connectivity index (χ1) is 6.25. The van der Waals surface area contributed by atoms with E-state index in [0.29, 0.717) is 0 Å². The maximum Gasteiger partial charge on any atom is -0.0271 e. The van der Waals surface area contributed by atoms with E-state index in [2.05, 4.69) is 39.0 Å². The molecule has 0 bridgehead atoms. The average Bonchev–Trinajstić information content (AvgIpc) is 2.17. The molecule has 0 aromatic heterocycles. The van der Waals surface area contributed by atoms with Gasteiger partial charge in [0.25, 0.3) is 0 Å². The van der Waals surface area contributed by atoms with Gasteiger partial charge in [-0.15, -0.1) is 0 Å². The van der Waals surface area contributed by atoms with Gasteiger partial charge in [-0.05, 0) is 44.8 Å². The molecule has 1 rings (SSSR count). The van der Waals surface area contributed by atoms with Gasteiger partial charge in [-0.3, -0.25) is 0 Å². The average molecular weight is 178 g/mol. The van der Waals surface area contributed by atoms with Crippen molar-refractivity contribution in [2.45, 2.75) is 47.5 Å². The molecule has 0 amide bonds. The second-order valence-corrected chi connectivity index (χ2v) is 3.10. The summed E-state index contributed by atoms with van der Waals surface area (Å²) in [5, 5.41) is 0. The standard InChI is InChI=1S/C11H16.C2H6/c1-4-6-11-8-5-7-9(2)10(11)3;1-2/h4,6,8H,5,7H2,1-3H3;1-2H3/b6-4-;. The zero-order chi connectivity index (χ0) is 10.3. The zero-order valence-electron chi connectivity index (χ0n) is 9.65. The Morgan fingerprint density at radius 1 is 1.23 bits per heavy atom. The topological polar surface area (TPSA) is 0 Å². The highest BCUT2D eigenvalue weighted by Gasteiger charge is 2.05. The van der Waals surface area contributed by atoms with Crippen molar-refractivity contribution in [3.8, 4) is 0 Å². The van der Waals surface area contributed by atoms with Crippen molar-refractivity contribution in [2.75, 3.05) is 0 Å². The van der Waals surface area contributed by atoms with E-state index in [9.17, 15) is 0 Å². The van der Waals surface area contributed by atoms with E-state index in [1.807, 2.05) is 13.8 Å². The Bertz CT molecular complexity index is 226. The van der Waals surface area contributed by atoms with Crippen LogP contribution in [0.1, 0.15) is 47.5 Å². The molecule has 0 N–H and O–H groups in total. The lowest BCUT2D eigenvalue weighted by Gasteiger charge is -2.13. The van der Waals surface area contributed by atoms with Crippen molar-refractivity contribution in [2.24, 2.45) is 0 Å². The minimum Gasteiger partial charge on any atom is -0.0871 e. The molecule has 0 unspecified atom stereocenters. The highest BCUT2D eigenvalue weighted by molar-refractivity contribution is 5.43. The van der Waals surface area contributed by atoms with Crippen molar-refractivity contribution in [3.63, 3.8) is 0 Å². The fourth-order valence-electron chi connectivity index (χ4n) is 1.40. The molecule has 0 saturated carbocycles. The van der Waals surface area contributed by atoms with E-state index >= 15 is 0 Å².